The minimum absolute atomic E-state index is 0.0187. The molecule has 1 aromatic carbocycles. The number of ether oxygens (including phenoxy) is 2. The van der Waals surface area contributed by atoms with E-state index in [2.05, 4.69) is 26.8 Å². The van der Waals surface area contributed by atoms with E-state index in [4.69, 9.17) is 9.47 Å². The number of benzene rings is 1. The lowest BCUT2D eigenvalue weighted by Gasteiger charge is -2.08. The van der Waals surface area contributed by atoms with E-state index >= 15 is 0 Å². The standard InChI is InChI=1S/C19H26O4/c1-5-22-19(21)16-11-17(20)13-18(12-16)23-10-9-15(4)8-6-7-14(2)3/h7,9,11-13,20H,5-6,8,10H2,1-4H3. The normalized spacial score (nSPS) is 11.0. The van der Waals surface area contributed by atoms with Crippen LogP contribution in [0.4, 0.5) is 0 Å². The summed E-state index contributed by atoms with van der Waals surface area (Å²) >= 11 is 0. The number of rotatable bonds is 8. The van der Waals surface area contributed by atoms with Gasteiger partial charge in [-0.05, 0) is 58.7 Å². The molecule has 0 fully saturated rings. The molecule has 0 radical (unpaired) electrons. The van der Waals surface area contributed by atoms with E-state index in [0.717, 1.165) is 12.8 Å². The van der Waals surface area contributed by atoms with E-state index in [1.807, 2.05) is 6.08 Å². The van der Waals surface area contributed by atoms with Gasteiger partial charge in [-0.15, -0.1) is 0 Å². The van der Waals surface area contributed by atoms with E-state index in [0.29, 0.717) is 12.4 Å². The van der Waals surface area contributed by atoms with E-state index in [-0.39, 0.29) is 17.9 Å². The van der Waals surface area contributed by atoms with Gasteiger partial charge in [0.15, 0.2) is 0 Å². The second-order valence-electron chi connectivity index (χ2n) is 5.62. The molecular weight excluding hydrogens is 292 g/mol. The van der Waals surface area contributed by atoms with Crippen LogP contribution in [0.15, 0.2) is 41.5 Å². The van der Waals surface area contributed by atoms with Crippen molar-refractivity contribution < 1.29 is 19.4 Å². The van der Waals surface area contributed by atoms with E-state index < -0.39 is 5.97 Å². The summed E-state index contributed by atoms with van der Waals surface area (Å²) in [4.78, 5) is 11.7. The fourth-order valence-corrected chi connectivity index (χ4v) is 1.97. The van der Waals surface area contributed by atoms with Gasteiger partial charge in [-0.3, -0.25) is 0 Å². The summed E-state index contributed by atoms with van der Waals surface area (Å²) in [6.45, 7) is 8.66. The number of allylic oxidation sites excluding steroid dienone is 3. The van der Waals surface area contributed by atoms with Crippen LogP contribution in [0.25, 0.3) is 0 Å². The first-order valence-corrected chi connectivity index (χ1v) is 7.85. The molecule has 0 aliphatic heterocycles. The van der Waals surface area contributed by atoms with Crippen LogP contribution in [0.3, 0.4) is 0 Å². The molecule has 0 saturated heterocycles. The number of esters is 1. The summed E-state index contributed by atoms with van der Waals surface area (Å²) in [5.74, 6) is -0.0436. The van der Waals surface area contributed by atoms with Crippen molar-refractivity contribution in [3.63, 3.8) is 0 Å². The largest absolute Gasteiger partial charge is 0.508 e. The Morgan fingerprint density at radius 3 is 2.57 bits per heavy atom. The summed E-state index contributed by atoms with van der Waals surface area (Å²) in [5.41, 5.74) is 2.85. The molecule has 23 heavy (non-hydrogen) atoms. The van der Waals surface area contributed by atoms with Crippen molar-refractivity contribution in [1.29, 1.82) is 0 Å². The zero-order valence-corrected chi connectivity index (χ0v) is 14.4. The summed E-state index contributed by atoms with van der Waals surface area (Å²) < 4.78 is 10.5. The topological polar surface area (TPSA) is 55.8 Å². The molecule has 1 rings (SSSR count). The number of hydrogen-bond acceptors (Lipinski definition) is 4. The second-order valence-corrected chi connectivity index (χ2v) is 5.62. The van der Waals surface area contributed by atoms with Gasteiger partial charge in [0.05, 0.1) is 12.2 Å². The molecular formula is C19H26O4. The van der Waals surface area contributed by atoms with Gasteiger partial charge < -0.3 is 14.6 Å². The molecule has 0 atom stereocenters. The molecule has 0 amide bonds. The molecule has 0 aromatic heterocycles. The van der Waals surface area contributed by atoms with Gasteiger partial charge in [0, 0.05) is 6.07 Å². The van der Waals surface area contributed by atoms with Crippen molar-refractivity contribution >= 4 is 5.97 Å². The van der Waals surface area contributed by atoms with Crippen molar-refractivity contribution in [3.8, 4) is 11.5 Å². The van der Waals surface area contributed by atoms with Crippen molar-refractivity contribution in [2.75, 3.05) is 13.2 Å². The van der Waals surface area contributed by atoms with Gasteiger partial charge in [0.25, 0.3) is 0 Å². The minimum atomic E-state index is -0.471. The van der Waals surface area contributed by atoms with Crippen LogP contribution >= 0.6 is 0 Å². The van der Waals surface area contributed by atoms with Gasteiger partial charge in [0.1, 0.15) is 18.1 Å². The molecule has 0 saturated carbocycles. The van der Waals surface area contributed by atoms with Crippen molar-refractivity contribution in [2.45, 2.75) is 40.5 Å². The summed E-state index contributed by atoms with van der Waals surface area (Å²) in [7, 11) is 0. The maximum Gasteiger partial charge on any atom is 0.338 e. The zero-order valence-electron chi connectivity index (χ0n) is 14.4. The Bertz CT molecular complexity index is 581. The lowest BCUT2D eigenvalue weighted by atomic mass is 10.1. The smallest absolute Gasteiger partial charge is 0.338 e. The Balaban J connectivity index is 2.60. The predicted octanol–water partition coefficient (Wildman–Crippen LogP) is 4.64. The van der Waals surface area contributed by atoms with Crippen LogP contribution < -0.4 is 4.74 Å². The highest BCUT2D eigenvalue weighted by Gasteiger charge is 2.10. The Morgan fingerprint density at radius 1 is 1.17 bits per heavy atom. The number of phenolic OH excluding ortho intramolecular Hbond substituents is 1. The first kappa shape index (κ1) is 18.8. The van der Waals surface area contributed by atoms with E-state index in [1.165, 1.54) is 23.3 Å². The number of aromatic hydroxyl groups is 1. The van der Waals surface area contributed by atoms with Crippen LogP contribution in [0, 0.1) is 0 Å². The Morgan fingerprint density at radius 2 is 1.91 bits per heavy atom. The third-order valence-corrected chi connectivity index (χ3v) is 3.18. The van der Waals surface area contributed by atoms with Gasteiger partial charge in [-0.25, -0.2) is 4.79 Å². The minimum Gasteiger partial charge on any atom is -0.508 e. The highest BCUT2D eigenvalue weighted by molar-refractivity contribution is 5.90. The highest BCUT2D eigenvalue weighted by Crippen LogP contribution is 2.22. The lowest BCUT2D eigenvalue weighted by molar-refractivity contribution is 0.0525. The summed E-state index contributed by atoms with van der Waals surface area (Å²) in [6.07, 6.45) is 6.22. The Kier molecular flexibility index (Phi) is 7.95. The average molecular weight is 318 g/mol. The molecule has 1 N–H and O–H groups in total. The Hall–Kier alpha value is -2.23. The predicted molar refractivity (Wildman–Crippen MR) is 92.0 cm³/mol. The van der Waals surface area contributed by atoms with Crippen LogP contribution in [0.5, 0.6) is 11.5 Å². The lowest BCUT2D eigenvalue weighted by Crippen LogP contribution is -2.05. The molecule has 0 bridgehead atoms. The fourth-order valence-electron chi connectivity index (χ4n) is 1.97. The van der Waals surface area contributed by atoms with Crippen molar-refractivity contribution in [2.24, 2.45) is 0 Å². The summed E-state index contributed by atoms with van der Waals surface area (Å²) in [6, 6.07) is 4.42. The average Bonchev–Trinajstić information content (AvgIpc) is 2.46. The maximum absolute atomic E-state index is 11.7. The van der Waals surface area contributed by atoms with Gasteiger partial charge in [-0.1, -0.05) is 17.2 Å². The van der Waals surface area contributed by atoms with Gasteiger partial charge in [0.2, 0.25) is 0 Å². The molecule has 4 nitrogen and oxygen atoms in total. The molecule has 4 heteroatoms. The zero-order chi connectivity index (χ0) is 17.2. The van der Waals surface area contributed by atoms with Gasteiger partial charge >= 0.3 is 5.97 Å². The SMILES string of the molecule is CCOC(=O)c1cc(O)cc(OCC=C(C)CCC=C(C)C)c1. The first-order chi connectivity index (χ1) is 10.9. The van der Waals surface area contributed by atoms with E-state index in [9.17, 15) is 9.90 Å². The number of phenols is 1. The monoisotopic (exact) mass is 318 g/mol. The summed E-state index contributed by atoms with van der Waals surface area (Å²) in [5, 5.41) is 9.68. The van der Waals surface area contributed by atoms with Crippen molar-refractivity contribution in [3.05, 3.63) is 47.1 Å². The van der Waals surface area contributed by atoms with Gasteiger partial charge in [-0.2, -0.15) is 0 Å². The molecule has 126 valence electrons. The Labute approximate surface area is 138 Å². The quantitative estimate of drug-likeness (QED) is 0.560. The third-order valence-electron chi connectivity index (χ3n) is 3.18. The number of carbonyl (C=O) groups excluding carboxylic acids is 1. The highest BCUT2D eigenvalue weighted by atomic mass is 16.5. The van der Waals surface area contributed by atoms with E-state index in [1.54, 1.807) is 13.0 Å². The molecule has 0 aliphatic carbocycles. The molecule has 0 heterocycles. The maximum atomic E-state index is 11.7. The fraction of sp³-hybridized carbons (Fsp3) is 0.421. The second kappa shape index (κ2) is 9.72. The van der Waals surface area contributed by atoms with Crippen LogP contribution in [-0.2, 0) is 4.74 Å². The van der Waals surface area contributed by atoms with Crippen LogP contribution in [-0.4, -0.2) is 24.3 Å². The first-order valence-electron chi connectivity index (χ1n) is 7.85. The van der Waals surface area contributed by atoms with Crippen LogP contribution in [0.2, 0.25) is 0 Å². The molecule has 1 aromatic rings. The number of carbonyl (C=O) groups is 1. The third kappa shape index (κ3) is 7.54. The van der Waals surface area contributed by atoms with Crippen molar-refractivity contribution in [1.82, 2.24) is 0 Å². The molecule has 0 spiro atoms. The molecule has 0 aliphatic rings. The van der Waals surface area contributed by atoms with Crippen LogP contribution in [0.1, 0.15) is 50.9 Å². The number of hydrogen-bond donors (Lipinski definition) is 1. The molecule has 0 unspecified atom stereocenters.